The second kappa shape index (κ2) is 1.97. The molecule has 1 heterocycles. The van der Waals surface area contributed by atoms with Crippen LogP contribution in [0, 0.1) is 12.8 Å². The van der Waals surface area contributed by atoms with Gasteiger partial charge < -0.3 is 4.42 Å². The van der Waals surface area contributed by atoms with Crippen molar-refractivity contribution in [1.82, 2.24) is 0 Å². The Morgan fingerprint density at radius 3 is 3.00 bits per heavy atom. The highest BCUT2D eigenvalue weighted by atomic mass is 16.3. The maximum absolute atomic E-state index is 11.3. The lowest BCUT2D eigenvalue weighted by atomic mass is 10.1. The molecule has 0 radical (unpaired) electrons. The molecule has 2 rings (SSSR count). The quantitative estimate of drug-likeness (QED) is 0.566. The van der Waals surface area contributed by atoms with Crippen molar-refractivity contribution in [3.05, 3.63) is 23.2 Å². The number of ketones is 1. The molecule has 0 amide bonds. The summed E-state index contributed by atoms with van der Waals surface area (Å²) in [5.74, 6) is 2.08. The van der Waals surface area contributed by atoms with Gasteiger partial charge in [-0.05, 0) is 13.0 Å². The predicted octanol–water partition coefficient (Wildman–Crippen LogP) is 1.96. The van der Waals surface area contributed by atoms with Crippen LogP contribution < -0.4 is 0 Å². The molecule has 0 aromatic carbocycles. The highest BCUT2D eigenvalue weighted by molar-refractivity contribution is 6.01. The highest BCUT2D eigenvalue weighted by Gasteiger charge is 2.30. The van der Waals surface area contributed by atoms with E-state index in [0.717, 1.165) is 23.5 Å². The van der Waals surface area contributed by atoms with Crippen LogP contribution in [0.3, 0.4) is 0 Å². The largest absolute Gasteiger partial charge is 0.466 e. The molecular weight excluding hydrogens is 140 g/mol. The smallest absolute Gasteiger partial charge is 0.169 e. The van der Waals surface area contributed by atoms with E-state index >= 15 is 0 Å². The van der Waals surface area contributed by atoms with Crippen LogP contribution in [0.2, 0.25) is 0 Å². The minimum Gasteiger partial charge on any atom is -0.466 e. The Balaban J connectivity index is 2.52. The van der Waals surface area contributed by atoms with E-state index in [9.17, 15) is 4.79 Å². The number of aryl methyl sites for hydroxylation is 1. The molecule has 2 nitrogen and oxygen atoms in total. The minimum absolute atomic E-state index is 0.129. The molecule has 11 heavy (non-hydrogen) atoms. The van der Waals surface area contributed by atoms with Crippen LogP contribution in [-0.4, -0.2) is 5.78 Å². The molecule has 0 bridgehead atoms. The second-order valence-electron chi connectivity index (χ2n) is 3.16. The second-order valence-corrected chi connectivity index (χ2v) is 3.16. The Kier molecular flexibility index (Phi) is 1.19. The summed E-state index contributed by atoms with van der Waals surface area (Å²) < 4.78 is 5.35. The molecule has 1 aliphatic rings. The van der Waals surface area contributed by atoms with Crippen molar-refractivity contribution in [3.63, 3.8) is 0 Å². The Hall–Kier alpha value is -1.05. The minimum atomic E-state index is 0.129. The summed E-state index contributed by atoms with van der Waals surface area (Å²) in [6.45, 7) is 3.81. The molecule has 58 valence electrons. The molecule has 0 spiro atoms. The molecule has 2 heteroatoms. The van der Waals surface area contributed by atoms with Crippen LogP contribution >= 0.6 is 0 Å². The number of hydrogen-bond acceptors (Lipinski definition) is 2. The maximum atomic E-state index is 11.3. The molecule has 0 fully saturated rings. The van der Waals surface area contributed by atoms with Gasteiger partial charge >= 0.3 is 0 Å². The predicted molar refractivity (Wildman–Crippen MR) is 40.6 cm³/mol. The van der Waals surface area contributed by atoms with Gasteiger partial charge in [0.15, 0.2) is 5.78 Å². The molecule has 1 aromatic heterocycles. The fourth-order valence-corrected chi connectivity index (χ4v) is 1.56. The van der Waals surface area contributed by atoms with Crippen molar-refractivity contribution < 1.29 is 9.21 Å². The summed E-state index contributed by atoms with van der Waals surface area (Å²) in [7, 11) is 0. The number of fused-ring (bicyclic) bond motifs is 1. The van der Waals surface area contributed by atoms with Crippen LogP contribution in [0.5, 0.6) is 0 Å². The molecule has 0 N–H and O–H groups in total. The van der Waals surface area contributed by atoms with Crippen molar-refractivity contribution in [2.24, 2.45) is 5.92 Å². The van der Waals surface area contributed by atoms with E-state index < -0.39 is 0 Å². The van der Waals surface area contributed by atoms with Gasteiger partial charge in [0.05, 0.1) is 5.56 Å². The van der Waals surface area contributed by atoms with E-state index in [0.29, 0.717) is 0 Å². The van der Waals surface area contributed by atoms with Crippen LogP contribution in [0.4, 0.5) is 0 Å². The van der Waals surface area contributed by atoms with Crippen molar-refractivity contribution >= 4 is 5.78 Å². The lowest BCUT2D eigenvalue weighted by Crippen LogP contribution is -2.03. The van der Waals surface area contributed by atoms with E-state index in [1.54, 1.807) is 0 Å². The standard InChI is InChI=1S/C9H10O2/c1-5-3-8-7(9(5)10)4-6(2)11-8/h4-5H,3H2,1-2H3. The normalized spacial score (nSPS) is 22.4. The van der Waals surface area contributed by atoms with Crippen LogP contribution in [0.25, 0.3) is 0 Å². The van der Waals surface area contributed by atoms with Crippen molar-refractivity contribution in [2.75, 3.05) is 0 Å². The van der Waals surface area contributed by atoms with E-state index in [2.05, 4.69) is 0 Å². The molecule has 1 aromatic rings. The fraction of sp³-hybridized carbons (Fsp3) is 0.444. The van der Waals surface area contributed by atoms with Crippen LogP contribution in [0.1, 0.15) is 28.8 Å². The summed E-state index contributed by atoms with van der Waals surface area (Å²) in [5, 5.41) is 0. The number of carbonyl (C=O) groups excluding carboxylic acids is 1. The summed E-state index contributed by atoms with van der Waals surface area (Å²) in [5.41, 5.74) is 0.801. The van der Waals surface area contributed by atoms with Gasteiger partial charge in [-0.1, -0.05) is 6.92 Å². The zero-order valence-corrected chi connectivity index (χ0v) is 6.68. The zero-order chi connectivity index (χ0) is 8.01. The average molecular weight is 150 g/mol. The number of rotatable bonds is 0. The van der Waals surface area contributed by atoms with Crippen LogP contribution in [0.15, 0.2) is 10.5 Å². The third-order valence-corrected chi connectivity index (χ3v) is 2.14. The molecule has 0 saturated heterocycles. The third kappa shape index (κ3) is 0.821. The third-order valence-electron chi connectivity index (χ3n) is 2.14. The SMILES string of the molecule is Cc1cc2c(o1)CC(C)C2=O. The monoisotopic (exact) mass is 150 g/mol. The Morgan fingerprint density at radius 2 is 2.36 bits per heavy atom. The molecule has 0 aliphatic heterocycles. The Bertz CT molecular complexity index is 309. The van der Waals surface area contributed by atoms with Gasteiger partial charge in [0, 0.05) is 12.3 Å². The van der Waals surface area contributed by atoms with Gasteiger partial charge in [0.2, 0.25) is 0 Å². The molecule has 0 saturated carbocycles. The number of carbonyl (C=O) groups is 1. The fourth-order valence-electron chi connectivity index (χ4n) is 1.56. The highest BCUT2D eigenvalue weighted by Crippen LogP contribution is 2.28. The maximum Gasteiger partial charge on any atom is 0.169 e. The summed E-state index contributed by atoms with van der Waals surface area (Å²) in [6.07, 6.45) is 0.780. The van der Waals surface area contributed by atoms with E-state index in [4.69, 9.17) is 4.42 Å². The van der Waals surface area contributed by atoms with E-state index in [1.165, 1.54) is 0 Å². The number of hydrogen-bond donors (Lipinski definition) is 0. The van der Waals surface area contributed by atoms with Crippen molar-refractivity contribution in [1.29, 1.82) is 0 Å². The Morgan fingerprint density at radius 1 is 1.64 bits per heavy atom. The first-order chi connectivity index (χ1) is 5.18. The average Bonchev–Trinajstić information content (AvgIpc) is 2.37. The lowest BCUT2D eigenvalue weighted by Gasteiger charge is -1.94. The van der Waals surface area contributed by atoms with Crippen LogP contribution in [-0.2, 0) is 6.42 Å². The van der Waals surface area contributed by atoms with E-state index in [-0.39, 0.29) is 11.7 Å². The zero-order valence-electron chi connectivity index (χ0n) is 6.68. The Labute approximate surface area is 65.2 Å². The summed E-state index contributed by atoms with van der Waals surface area (Å²) >= 11 is 0. The van der Waals surface area contributed by atoms with Gasteiger partial charge in [-0.3, -0.25) is 4.79 Å². The lowest BCUT2D eigenvalue weighted by molar-refractivity contribution is 0.0946. The van der Waals surface area contributed by atoms with Gasteiger partial charge in [0.1, 0.15) is 11.5 Å². The summed E-state index contributed by atoms with van der Waals surface area (Å²) in [4.78, 5) is 11.3. The molecule has 1 aliphatic carbocycles. The van der Waals surface area contributed by atoms with Gasteiger partial charge in [-0.15, -0.1) is 0 Å². The first-order valence-electron chi connectivity index (χ1n) is 3.82. The van der Waals surface area contributed by atoms with Crippen molar-refractivity contribution in [3.8, 4) is 0 Å². The first kappa shape index (κ1) is 6.65. The molecule has 1 atom stereocenters. The van der Waals surface area contributed by atoms with Crippen molar-refractivity contribution in [2.45, 2.75) is 20.3 Å². The molecular formula is C9H10O2. The van der Waals surface area contributed by atoms with Gasteiger partial charge in [-0.25, -0.2) is 0 Å². The van der Waals surface area contributed by atoms with E-state index in [1.807, 2.05) is 19.9 Å². The van der Waals surface area contributed by atoms with Gasteiger partial charge in [-0.2, -0.15) is 0 Å². The van der Waals surface area contributed by atoms with Gasteiger partial charge in [0.25, 0.3) is 0 Å². The topological polar surface area (TPSA) is 30.2 Å². The number of furan rings is 1. The molecule has 1 unspecified atom stereocenters. The number of Topliss-reactive ketones (excluding diaryl/α,β-unsaturated/α-hetero) is 1. The first-order valence-corrected chi connectivity index (χ1v) is 3.82. The summed E-state index contributed by atoms with van der Waals surface area (Å²) in [6, 6.07) is 1.83.